The number of sulfonamides is 1. The Hall–Kier alpha value is -3.14. The highest BCUT2D eigenvalue weighted by molar-refractivity contribution is 7.92. The average molecular weight is 494 g/mol. The monoisotopic (exact) mass is 493 g/mol. The Morgan fingerprint density at radius 1 is 1.09 bits per heavy atom. The molecule has 2 aromatic rings. The van der Waals surface area contributed by atoms with Crippen LogP contribution in [-0.4, -0.2) is 57.6 Å². The molecular formula is C24H32FN3O5S. The van der Waals surface area contributed by atoms with Crippen molar-refractivity contribution in [2.45, 2.75) is 39.3 Å². The minimum atomic E-state index is -3.86. The molecule has 0 saturated heterocycles. The van der Waals surface area contributed by atoms with Gasteiger partial charge in [-0.2, -0.15) is 0 Å². The van der Waals surface area contributed by atoms with Gasteiger partial charge in [0, 0.05) is 13.1 Å². The third-order valence-corrected chi connectivity index (χ3v) is 6.44. The SMILES string of the molecule is CCCCNC(=O)[C@@H](C)N(Cc1ccc(OC)cc1)C(=O)CN(c1ccc(F)cc1)S(C)(=O)=O. The first-order valence-corrected chi connectivity index (χ1v) is 12.8. The largest absolute Gasteiger partial charge is 0.497 e. The lowest BCUT2D eigenvalue weighted by molar-refractivity contribution is -0.139. The predicted molar refractivity (Wildman–Crippen MR) is 130 cm³/mol. The third-order valence-electron chi connectivity index (χ3n) is 5.30. The van der Waals surface area contributed by atoms with Crippen LogP contribution in [0.4, 0.5) is 10.1 Å². The Bertz CT molecular complexity index is 1060. The smallest absolute Gasteiger partial charge is 0.244 e. The highest BCUT2D eigenvalue weighted by Crippen LogP contribution is 2.20. The van der Waals surface area contributed by atoms with Crippen molar-refractivity contribution in [2.24, 2.45) is 0 Å². The molecule has 186 valence electrons. The number of nitrogens with zero attached hydrogens (tertiary/aromatic N) is 2. The molecule has 10 heteroatoms. The lowest BCUT2D eigenvalue weighted by Crippen LogP contribution is -2.51. The number of hydrogen-bond donors (Lipinski definition) is 1. The highest BCUT2D eigenvalue weighted by Gasteiger charge is 2.30. The maximum Gasteiger partial charge on any atom is 0.244 e. The van der Waals surface area contributed by atoms with Gasteiger partial charge in [-0.3, -0.25) is 13.9 Å². The summed E-state index contributed by atoms with van der Waals surface area (Å²) in [7, 11) is -2.31. The number of benzene rings is 2. The second kappa shape index (κ2) is 12.4. The Labute approximate surface area is 200 Å². The molecule has 0 radical (unpaired) electrons. The van der Waals surface area contributed by atoms with E-state index in [0.29, 0.717) is 12.3 Å². The van der Waals surface area contributed by atoms with Gasteiger partial charge in [0.05, 0.1) is 19.1 Å². The van der Waals surface area contributed by atoms with E-state index in [-0.39, 0.29) is 18.1 Å². The molecule has 1 N–H and O–H groups in total. The van der Waals surface area contributed by atoms with Crippen LogP contribution in [0.15, 0.2) is 48.5 Å². The van der Waals surface area contributed by atoms with E-state index in [1.807, 2.05) is 6.92 Å². The van der Waals surface area contributed by atoms with E-state index in [9.17, 15) is 22.4 Å². The number of carbonyl (C=O) groups is 2. The first-order valence-electron chi connectivity index (χ1n) is 11.0. The standard InChI is InChI=1S/C24H32FN3O5S/c1-5-6-15-26-24(30)18(2)27(16-19-7-13-22(33-3)14-8-19)23(29)17-28(34(4,31)32)21-11-9-20(25)10-12-21/h7-14,18H,5-6,15-17H2,1-4H3,(H,26,30)/t18-/m1/s1. The van der Waals surface area contributed by atoms with E-state index in [2.05, 4.69) is 5.32 Å². The van der Waals surface area contributed by atoms with Crippen LogP contribution in [0.3, 0.4) is 0 Å². The summed E-state index contributed by atoms with van der Waals surface area (Å²) in [5, 5.41) is 2.82. The number of ether oxygens (including phenoxy) is 1. The minimum Gasteiger partial charge on any atom is -0.497 e. The molecule has 0 aliphatic carbocycles. The van der Waals surface area contributed by atoms with Crippen LogP contribution in [0.1, 0.15) is 32.3 Å². The molecule has 0 aromatic heterocycles. The zero-order valence-electron chi connectivity index (χ0n) is 20.0. The van der Waals surface area contributed by atoms with Crippen molar-refractivity contribution in [3.8, 4) is 5.75 Å². The zero-order chi connectivity index (χ0) is 25.3. The fourth-order valence-electron chi connectivity index (χ4n) is 3.27. The quantitative estimate of drug-likeness (QED) is 0.459. The van der Waals surface area contributed by atoms with Crippen LogP contribution >= 0.6 is 0 Å². The summed E-state index contributed by atoms with van der Waals surface area (Å²) in [5.41, 5.74) is 0.900. The van der Waals surface area contributed by atoms with Crippen molar-refractivity contribution >= 4 is 27.5 Å². The molecule has 0 fully saturated rings. The molecule has 2 aromatic carbocycles. The number of carbonyl (C=O) groups excluding carboxylic acids is 2. The van der Waals surface area contributed by atoms with E-state index in [1.54, 1.807) is 38.3 Å². The van der Waals surface area contributed by atoms with Gasteiger partial charge in [0.1, 0.15) is 24.2 Å². The van der Waals surface area contributed by atoms with Crippen molar-refractivity contribution < 1.29 is 27.1 Å². The van der Waals surface area contributed by atoms with E-state index < -0.39 is 34.3 Å². The molecule has 1 atom stereocenters. The van der Waals surface area contributed by atoms with Gasteiger partial charge in [0.25, 0.3) is 0 Å². The van der Waals surface area contributed by atoms with Crippen LogP contribution in [0.25, 0.3) is 0 Å². The molecule has 0 aliphatic heterocycles. The number of nitrogens with one attached hydrogen (secondary N) is 1. The van der Waals surface area contributed by atoms with Gasteiger partial charge < -0.3 is 15.0 Å². The molecule has 0 unspecified atom stereocenters. The molecule has 0 heterocycles. The maximum atomic E-state index is 13.4. The molecule has 8 nitrogen and oxygen atoms in total. The van der Waals surface area contributed by atoms with E-state index >= 15 is 0 Å². The summed E-state index contributed by atoms with van der Waals surface area (Å²) in [6.45, 7) is 3.64. The van der Waals surface area contributed by atoms with Crippen molar-refractivity contribution in [1.29, 1.82) is 0 Å². The maximum absolute atomic E-state index is 13.4. The Balaban J connectivity index is 2.32. The lowest BCUT2D eigenvalue weighted by atomic mass is 10.1. The summed E-state index contributed by atoms with van der Waals surface area (Å²) >= 11 is 0. The van der Waals surface area contributed by atoms with Crippen LogP contribution in [-0.2, 0) is 26.2 Å². The molecule has 0 spiro atoms. The summed E-state index contributed by atoms with van der Waals surface area (Å²) in [6, 6.07) is 11.0. The average Bonchev–Trinajstić information content (AvgIpc) is 2.81. The van der Waals surface area contributed by atoms with Gasteiger partial charge >= 0.3 is 0 Å². The Morgan fingerprint density at radius 2 is 1.71 bits per heavy atom. The number of methoxy groups -OCH3 is 1. The van der Waals surface area contributed by atoms with Crippen molar-refractivity contribution in [1.82, 2.24) is 10.2 Å². The summed E-state index contributed by atoms with van der Waals surface area (Å²) in [5.74, 6) is -0.778. The van der Waals surface area contributed by atoms with Crippen LogP contribution in [0, 0.1) is 5.82 Å². The minimum absolute atomic E-state index is 0.0895. The van der Waals surface area contributed by atoms with Gasteiger partial charge in [0.2, 0.25) is 21.8 Å². The van der Waals surface area contributed by atoms with Crippen LogP contribution < -0.4 is 14.4 Å². The Kier molecular flexibility index (Phi) is 9.85. The number of rotatable bonds is 12. The summed E-state index contributed by atoms with van der Waals surface area (Å²) in [4.78, 5) is 27.5. The number of hydrogen-bond acceptors (Lipinski definition) is 5. The van der Waals surface area contributed by atoms with Crippen molar-refractivity contribution in [3.63, 3.8) is 0 Å². The van der Waals surface area contributed by atoms with Crippen molar-refractivity contribution in [2.75, 3.05) is 30.8 Å². The van der Waals surface area contributed by atoms with E-state index in [1.165, 1.54) is 17.0 Å². The molecule has 0 saturated carbocycles. The van der Waals surface area contributed by atoms with Gasteiger partial charge in [-0.25, -0.2) is 12.8 Å². The molecule has 34 heavy (non-hydrogen) atoms. The molecule has 0 bridgehead atoms. The molecule has 2 amide bonds. The first kappa shape index (κ1) is 27.1. The van der Waals surface area contributed by atoms with Gasteiger partial charge in [-0.15, -0.1) is 0 Å². The first-order chi connectivity index (χ1) is 16.1. The lowest BCUT2D eigenvalue weighted by Gasteiger charge is -2.31. The highest BCUT2D eigenvalue weighted by atomic mass is 32.2. The van der Waals surface area contributed by atoms with Crippen molar-refractivity contribution in [3.05, 3.63) is 59.9 Å². The summed E-state index contributed by atoms with van der Waals surface area (Å²) < 4.78 is 44.3. The van der Waals surface area contributed by atoms with Crippen LogP contribution in [0.2, 0.25) is 0 Å². The summed E-state index contributed by atoms with van der Waals surface area (Å²) in [6.07, 6.45) is 2.68. The van der Waals surface area contributed by atoms with E-state index in [4.69, 9.17) is 4.74 Å². The topological polar surface area (TPSA) is 96.0 Å². The van der Waals surface area contributed by atoms with Crippen LogP contribution in [0.5, 0.6) is 5.75 Å². The van der Waals surface area contributed by atoms with Gasteiger partial charge in [-0.05, 0) is 55.3 Å². The van der Waals surface area contributed by atoms with E-state index in [0.717, 1.165) is 41.1 Å². The fraction of sp³-hybridized carbons (Fsp3) is 0.417. The third kappa shape index (κ3) is 7.72. The molecule has 0 aliphatic rings. The number of amides is 2. The second-order valence-electron chi connectivity index (χ2n) is 7.94. The predicted octanol–water partition coefficient (Wildman–Crippen LogP) is 2.93. The number of halogens is 1. The normalized spacial score (nSPS) is 12.0. The molecular weight excluding hydrogens is 461 g/mol. The number of unbranched alkanes of at least 4 members (excludes halogenated alkanes) is 1. The number of anilines is 1. The molecule has 2 rings (SSSR count). The van der Waals surface area contributed by atoms with Gasteiger partial charge in [-0.1, -0.05) is 25.5 Å². The Morgan fingerprint density at radius 3 is 2.24 bits per heavy atom. The van der Waals surface area contributed by atoms with Gasteiger partial charge in [0.15, 0.2) is 0 Å². The fourth-order valence-corrected chi connectivity index (χ4v) is 4.12. The second-order valence-corrected chi connectivity index (χ2v) is 9.84. The zero-order valence-corrected chi connectivity index (χ0v) is 20.8.